The van der Waals surface area contributed by atoms with Gasteiger partial charge in [0.1, 0.15) is 0 Å². The molecule has 1 aliphatic rings. The maximum absolute atomic E-state index is 3.67. The zero-order chi connectivity index (χ0) is 14.2. The van der Waals surface area contributed by atoms with Gasteiger partial charge in [-0.25, -0.2) is 0 Å². The number of hydrogen-bond acceptors (Lipinski definition) is 2. The molecule has 1 aromatic carbocycles. The van der Waals surface area contributed by atoms with Gasteiger partial charge in [0.2, 0.25) is 0 Å². The van der Waals surface area contributed by atoms with Crippen LogP contribution in [-0.2, 0) is 0 Å². The average Bonchev–Trinajstić information content (AvgIpc) is 2.53. The van der Waals surface area contributed by atoms with Gasteiger partial charge in [0, 0.05) is 0 Å². The SMILES string of the molecule is CCN1CCC(CNCCC(C)c2ccccc2)CC1. The summed E-state index contributed by atoms with van der Waals surface area (Å²) in [7, 11) is 0. The summed E-state index contributed by atoms with van der Waals surface area (Å²) in [5.41, 5.74) is 1.46. The molecule has 112 valence electrons. The highest BCUT2D eigenvalue weighted by Crippen LogP contribution is 2.18. The van der Waals surface area contributed by atoms with Crippen LogP contribution in [0.15, 0.2) is 30.3 Å². The van der Waals surface area contributed by atoms with Crippen molar-refractivity contribution in [1.82, 2.24) is 10.2 Å². The first-order valence-electron chi connectivity index (χ1n) is 8.27. The van der Waals surface area contributed by atoms with Crippen LogP contribution in [0.5, 0.6) is 0 Å². The Kier molecular flexibility index (Phi) is 6.55. The van der Waals surface area contributed by atoms with Crippen LogP contribution < -0.4 is 5.32 Å². The smallest absolute Gasteiger partial charge is 0.00157 e. The van der Waals surface area contributed by atoms with E-state index in [1.165, 1.54) is 51.0 Å². The first-order valence-corrected chi connectivity index (χ1v) is 8.27. The second-order valence-corrected chi connectivity index (χ2v) is 6.18. The molecule has 1 unspecified atom stereocenters. The molecule has 1 aliphatic heterocycles. The van der Waals surface area contributed by atoms with E-state index in [2.05, 4.69) is 54.4 Å². The Hall–Kier alpha value is -0.860. The molecule has 1 N–H and O–H groups in total. The van der Waals surface area contributed by atoms with Gasteiger partial charge in [-0.05, 0) is 69.4 Å². The van der Waals surface area contributed by atoms with E-state index in [1.807, 2.05) is 0 Å². The molecule has 2 heteroatoms. The van der Waals surface area contributed by atoms with E-state index in [4.69, 9.17) is 0 Å². The van der Waals surface area contributed by atoms with Crippen LogP contribution >= 0.6 is 0 Å². The Morgan fingerprint density at radius 1 is 1.20 bits per heavy atom. The van der Waals surface area contributed by atoms with Gasteiger partial charge in [0.05, 0.1) is 0 Å². The van der Waals surface area contributed by atoms with Gasteiger partial charge in [-0.2, -0.15) is 0 Å². The lowest BCUT2D eigenvalue weighted by atomic mass is 9.96. The van der Waals surface area contributed by atoms with Crippen LogP contribution in [0.1, 0.15) is 44.6 Å². The lowest BCUT2D eigenvalue weighted by Crippen LogP contribution is -2.37. The molecule has 0 spiro atoms. The molecule has 20 heavy (non-hydrogen) atoms. The minimum absolute atomic E-state index is 0.658. The first kappa shape index (κ1) is 15.5. The van der Waals surface area contributed by atoms with E-state index in [9.17, 15) is 0 Å². The summed E-state index contributed by atoms with van der Waals surface area (Å²) in [5, 5.41) is 3.67. The number of piperidine rings is 1. The zero-order valence-electron chi connectivity index (χ0n) is 13.1. The molecule has 1 heterocycles. The van der Waals surface area contributed by atoms with Crippen molar-refractivity contribution in [2.45, 2.75) is 39.0 Å². The van der Waals surface area contributed by atoms with E-state index < -0.39 is 0 Å². The van der Waals surface area contributed by atoms with Gasteiger partial charge in [0.25, 0.3) is 0 Å². The third-order valence-electron chi connectivity index (χ3n) is 4.71. The molecule has 0 bridgehead atoms. The summed E-state index contributed by atoms with van der Waals surface area (Å²) in [6.07, 6.45) is 3.97. The van der Waals surface area contributed by atoms with E-state index in [0.717, 1.165) is 12.5 Å². The lowest BCUT2D eigenvalue weighted by molar-refractivity contribution is 0.190. The standard InChI is InChI=1S/C18H30N2/c1-3-20-13-10-17(11-14-20)15-19-12-9-16(2)18-7-5-4-6-8-18/h4-8,16-17,19H,3,9-15H2,1-2H3. The summed E-state index contributed by atoms with van der Waals surface area (Å²) in [6.45, 7) is 10.8. The van der Waals surface area contributed by atoms with Crippen molar-refractivity contribution in [2.24, 2.45) is 5.92 Å². The van der Waals surface area contributed by atoms with Gasteiger partial charge >= 0.3 is 0 Å². The van der Waals surface area contributed by atoms with E-state index >= 15 is 0 Å². The fourth-order valence-corrected chi connectivity index (χ4v) is 3.08. The quantitative estimate of drug-likeness (QED) is 0.766. The maximum atomic E-state index is 3.67. The molecule has 2 rings (SSSR count). The molecule has 0 radical (unpaired) electrons. The van der Waals surface area contributed by atoms with E-state index in [1.54, 1.807) is 0 Å². The average molecular weight is 274 g/mol. The van der Waals surface area contributed by atoms with Gasteiger partial charge in [0.15, 0.2) is 0 Å². The molecular weight excluding hydrogens is 244 g/mol. The van der Waals surface area contributed by atoms with Crippen molar-refractivity contribution in [3.8, 4) is 0 Å². The van der Waals surface area contributed by atoms with Gasteiger partial charge in [-0.1, -0.05) is 44.2 Å². The summed E-state index contributed by atoms with van der Waals surface area (Å²) in [6, 6.07) is 10.9. The summed E-state index contributed by atoms with van der Waals surface area (Å²) in [4.78, 5) is 2.56. The number of hydrogen-bond donors (Lipinski definition) is 1. The third-order valence-corrected chi connectivity index (χ3v) is 4.71. The summed E-state index contributed by atoms with van der Waals surface area (Å²) >= 11 is 0. The van der Waals surface area contributed by atoms with Crippen molar-refractivity contribution in [1.29, 1.82) is 0 Å². The largest absolute Gasteiger partial charge is 0.316 e. The van der Waals surface area contributed by atoms with Crippen LogP contribution in [-0.4, -0.2) is 37.6 Å². The number of likely N-dealkylation sites (tertiary alicyclic amines) is 1. The molecular formula is C18H30N2. The zero-order valence-corrected chi connectivity index (χ0v) is 13.1. The van der Waals surface area contributed by atoms with Crippen molar-refractivity contribution in [3.63, 3.8) is 0 Å². The Morgan fingerprint density at radius 2 is 1.90 bits per heavy atom. The minimum atomic E-state index is 0.658. The van der Waals surface area contributed by atoms with Crippen molar-refractivity contribution < 1.29 is 0 Å². The van der Waals surface area contributed by atoms with E-state index in [0.29, 0.717) is 5.92 Å². The second kappa shape index (κ2) is 8.43. The molecule has 0 aliphatic carbocycles. The Morgan fingerprint density at radius 3 is 2.55 bits per heavy atom. The Labute approximate surface area is 124 Å². The topological polar surface area (TPSA) is 15.3 Å². The van der Waals surface area contributed by atoms with Crippen LogP contribution in [0.4, 0.5) is 0 Å². The monoisotopic (exact) mass is 274 g/mol. The van der Waals surface area contributed by atoms with Gasteiger partial charge in [-0.3, -0.25) is 0 Å². The highest BCUT2D eigenvalue weighted by atomic mass is 15.1. The molecule has 0 amide bonds. The highest BCUT2D eigenvalue weighted by Gasteiger charge is 2.17. The van der Waals surface area contributed by atoms with Gasteiger partial charge < -0.3 is 10.2 Å². The normalized spacial score (nSPS) is 19.1. The highest BCUT2D eigenvalue weighted by molar-refractivity contribution is 5.18. The predicted octanol–water partition coefficient (Wildman–Crippen LogP) is 3.50. The fraction of sp³-hybridized carbons (Fsp3) is 0.667. The predicted molar refractivity (Wildman–Crippen MR) is 87.2 cm³/mol. The molecule has 1 saturated heterocycles. The number of nitrogens with one attached hydrogen (secondary N) is 1. The Bertz CT molecular complexity index is 355. The molecule has 1 aromatic rings. The van der Waals surface area contributed by atoms with Crippen LogP contribution in [0.25, 0.3) is 0 Å². The van der Waals surface area contributed by atoms with Crippen LogP contribution in [0.3, 0.4) is 0 Å². The first-order chi connectivity index (χ1) is 9.79. The van der Waals surface area contributed by atoms with Crippen LogP contribution in [0.2, 0.25) is 0 Å². The molecule has 1 atom stereocenters. The molecule has 2 nitrogen and oxygen atoms in total. The number of nitrogens with zero attached hydrogens (tertiary/aromatic N) is 1. The minimum Gasteiger partial charge on any atom is -0.316 e. The van der Waals surface area contributed by atoms with Crippen LogP contribution in [0, 0.1) is 5.92 Å². The van der Waals surface area contributed by atoms with Crippen molar-refractivity contribution in [3.05, 3.63) is 35.9 Å². The van der Waals surface area contributed by atoms with Gasteiger partial charge in [-0.15, -0.1) is 0 Å². The third kappa shape index (κ3) is 4.92. The molecule has 1 fully saturated rings. The number of benzene rings is 1. The summed E-state index contributed by atoms with van der Waals surface area (Å²) in [5.74, 6) is 1.55. The molecule has 0 aromatic heterocycles. The maximum Gasteiger partial charge on any atom is -0.00157 e. The number of rotatable bonds is 7. The summed E-state index contributed by atoms with van der Waals surface area (Å²) < 4.78 is 0. The molecule has 0 saturated carbocycles. The fourth-order valence-electron chi connectivity index (χ4n) is 3.08. The van der Waals surface area contributed by atoms with Crippen molar-refractivity contribution >= 4 is 0 Å². The lowest BCUT2D eigenvalue weighted by Gasteiger charge is -2.31. The van der Waals surface area contributed by atoms with Crippen molar-refractivity contribution in [2.75, 3.05) is 32.7 Å². The Balaban J connectivity index is 1.58. The second-order valence-electron chi connectivity index (χ2n) is 6.18. The van der Waals surface area contributed by atoms with E-state index in [-0.39, 0.29) is 0 Å².